The van der Waals surface area contributed by atoms with Gasteiger partial charge in [0.25, 0.3) is 5.91 Å². The van der Waals surface area contributed by atoms with Crippen molar-refractivity contribution in [2.75, 3.05) is 23.9 Å². The zero-order valence-electron chi connectivity index (χ0n) is 15.1. The smallest absolute Gasteiger partial charge is 0.274 e. The molecule has 1 aliphatic heterocycles. The lowest BCUT2D eigenvalue weighted by Crippen LogP contribution is -2.27. The molecule has 0 spiro atoms. The summed E-state index contributed by atoms with van der Waals surface area (Å²) in [5, 5.41) is 2.85. The minimum absolute atomic E-state index is 0.298. The molecule has 0 unspecified atom stereocenters. The average Bonchev–Trinajstić information content (AvgIpc) is 2.74. The Hall–Kier alpha value is -3.41. The Morgan fingerprint density at radius 1 is 1.11 bits per heavy atom. The molecule has 0 saturated carbocycles. The summed E-state index contributed by atoms with van der Waals surface area (Å²) in [4.78, 5) is 23.7. The number of para-hydroxylation sites is 3. The molecule has 0 fully saturated rings. The Morgan fingerprint density at radius 3 is 2.81 bits per heavy atom. The van der Waals surface area contributed by atoms with Crippen LogP contribution in [0.5, 0.6) is 5.75 Å². The molecule has 0 bridgehead atoms. The van der Waals surface area contributed by atoms with Gasteiger partial charge in [-0.15, -0.1) is 0 Å². The number of ether oxygens (including phenoxy) is 1. The zero-order chi connectivity index (χ0) is 18.6. The van der Waals surface area contributed by atoms with Gasteiger partial charge in [0.2, 0.25) is 5.95 Å². The molecular formula is C21H20N4O2. The van der Waals surface area contributed by atoms with Crippen LogP contribution in [0.1, 0.15) is 22.5 Å². The summed E-state index contributed by atoms with van der Waals surface area (Å²) in [5.41, 5.74) is 3.30. The number of methoxy groups -OCH3 is 1. The molecule has 1 aromatic heterocycles. The Morgan fingerprint density at radius 2 is 1.93 bits per heavy atom. The van der Waals surface area contributed by atoms with Crippen LogP contribution in [0.4, 0.5) is 17.3 Å². The van der Waals surface area contributed by atoms with E-state index in [4.69, 9.17) is 4.74 Å². The molecular weight excluding hydrogens is 340 g/mol. The second-order valence-electron chi connectivity index (χ2n) is 6.28. The molecule has 136 valence electrons. The maximum atomic E-state index is 12.7. The Bertz CT molecular complexity index is 974. The Balaban J connectivity index is 1.61. The SMILES string of the molecule is COc1ccccc1NC(=O)c1ccnc(N2CCCc3ccccc32)n1. The summed E-state index contributed by atoms with van der Waals surface area (Å²) in [5.74, 6) is 0.841. The van der Waals surface area contributed by atoms with Crippen molar-refractivity contribution in [1.82, 2.24) is 9.97 Å². The molecule has 3 aromatic rings. The van der Waals surface area contributed by atoms with Crippen molar-refractivity contribution >= 4 is 23.2 Å². The fraction of sp³-hybridized carbons (Fsp3) is 0.190. The van der Waals surface area contributed by atoms with E-state index in [1.807, 2.05) is 24.3 Å². The molecule has 4 rings (SSSR count). The molecule has 0 aliphatic carbocycles. The van der Waals surface area contributed by atoms with E-state index >= 15 is 0 Å². The molecule has 1 amide bonds. The van der Waals surface area contributed by atoms with Crippen LogP contribution < -0.4 is 15.0 Å². The minimum atomic E-state index is -0.298. The standard InChI is InChI=1S/C21H20N4O2/c1-27-19-11-5-3-9-16(19)23-20(26)17-12-13-22-21(24-17)25-14-6-8-15-7-2-4-10-18(15)25/h2-5,7,9-13H,6,8,14H2,1H3,(H,23,26). The summed E-state index contributed by atoms with van der Waals surface area (Å²) in [7, 11) is 1.57. The maximum absolute atomic E-state index is 12.7. The average molecular weight is 360 g/mol. The Kier molecular flexibility index (Phi) is 4.70. The summed E-state index contributed by atoms with van der Waals surface area (Å²) in [6.07, 6.45) is 3.69. The molecule has 2 heterocycles. The van der Waals surface area contributed by atoms with Gasteiger partial charge in [-0.25, -0.2) is 9.97 Å². The quantitative estimate of drug-likeness (QED) is 0.766. The van der Waals surface area contributed by atoms with E-state index in [1.165, 1.54) is 5.56 Å². The van der Waals surface area contributed by atoms with E-state index in [0.29, 0.717) is 23.1 Å². The second kappa shape index (κ2) is 7.45. The first kappa shape index (κ1) is 17.0. The number of nitrogens with zero attached hydrogens (tertiary/aromatic N) is 3. The molecule has 1 N–H and O–H groups in total. The van der Waals surface area contributed by atoms with Crippen LogP contribution in [0.15, 0.2) is 60.8 Å². The van der Waals surface area contributed by atoms with E-state index in [1.54, 1.807) is 31.5 Å². The molecule has 6 heteroatoms. The van der Waals surface area contributed by atoms with Gasteiger partial charge in [-0.2, -0.15) is 0 Å². The minimum Gasteiger partial charge on any atom is -0.495 e. The van der Waals surface area contributed by atoms with Crippen LogP contribution in [-0.2, 0) is 6.42 Å². The normalized spacial score (nSPS) is 13.0. The molecule has 2 aromatic carbocycles. The second-order valence-corrected chi connectivity index (χ2v) is 6.28. The first-order valence-corrected chi connectivity index (χ1v) is 8.89. The number of aryl methyl sites for hydroxylation is 1. The number of anilines is 3. The van der Waals surface area contributed by atoms with Crippen molar-refractivity contribution in [2.24, 2.45) is 0 Å². The number of hydrogen-bond acceptors (Lipinski definition) is 5. The molecule has 0 radical (unpaired) electrons. The van der Waals surface area contributed by atoms with Crippen molar-refractivity contribution in [3.8, 4) is 5.75 Å². The first-order valence-electron chi connectivity index (χ1n) is 8.89. The van der Waals surface area contributed by atoms with Crippen molar-refractivity contribution in [3.63, 3.8) is 0 Å². The van der Waals surface area contributed by atoms with Crippen LogP contribution in [0.2, 0.25) is 0 Å². The lowest BCUT2D eigenvalue weighted by Gasteiger charge is -2.29. The molecule has 27 heavy (non-hydrogen) atoms. The number of carbonyl (C=O) groups is 1. The van der Waals surface area contributed by atoms with Crippen LogP contribution >= 0.6 is 0 Å². The number of fused-ring (bicyclic) bond motifs is 1. The van der Waals surface area contributed by atoms with Gasteiger partial charge in [-0.1, -0.05) is 30.3 Å². The predicted octanol–water partition coefficient (Wildman–Crippen LogP) is 3.82. The van der Waals surface area contributed by atoms with Crippen molar-refractivity contribution < 1.29 is 9.53 Å². The number of benzene rings is 2. The summed E-state index contributed by atoms with van der Waals surface area (Å²) >= 11 is 0. The largest absolute Gasteiger partial charge is 0.495 e. The van der Waals surface area contributed by atoms with Crippen LogP contribution in [-0.4, -0.2) is 29.5 Å². The van der Waals surface area contributed by atoms with Gasteiger partial charge in [0.1, 0.15) is 11.4 Å². The van der Waals surface area contributed by atoms with Gasteiger partial charge in [0, 0.05) is 18.4 Å². The number of rotatable bonds is 4. The molecule has 1 aliphatic rings. The van der Waals surface area contributed by atoms with Gasteiger partial charge >= 0.3 is 0 Å². The van der Waals surface area contributed by atoms with Gasteiger partial charge in [-0.05, 0) is 42.7 Å². The fourth-order valence-corrected chi connectivity index (χ4v) is 3.28. The highest BCUT2D eigenvalue weighted by atomic mass is 16.5. The zero-order valence-corrected chi connectivity index (χ0v) is 15.1. The summed E-state index contributed by atoms with van der Waals surface area (Å²) < 4.78 is 5.28. The molecule has 0 atom stereocenters. The van der Waals surface area contributed by atoms with Crippen molar-refractivity contribution in [3.05, 3.63) is 72.1 Å². The van der Waals surface area contributed by atoms with E-state index < -0.39 is 0 Å². The first-order chi connectivity index (χ1) is 13.3. The number of carbonyl (C=O) groups excluding carboxylic acids is 1. The van der Waals surface area contributed by atoms with Crippen LogP contribution in [0.25, 0.3) is 0 Å². The van der Waals surface area contributed by atoms with Crippen molar-refractivity contribution in [2.45, 2.75) is 12.8 Å². The highest BCUT2D eigenvalue weighted by Crippen LogP contribution is 2.31. The van der Waals surface area contributed by atoms with Gasteiger partial charge < -0.3 is 15.0 Å². The van der Waals surface area contributed by atoms with E-state index in [0.717, 1.165) is 25.1 Å². The highest BCUT2D eigenvalue weighted by Gasteiger charge is 2.21. The highest BCUT2D eigenvalue weighted by molar-refractivity contribution is 6.03. The third-order valence-electron chi connectivity index (χ3n) is 4.58. The third-order valence-corrected chi connectivity index (χ3v) is 4.58. The monoisotopic (exact) mass is 360 g/mol. The predicted molar refractivity (Wildman–Crippen MR) is 105 cm³/mol. The summed E-state index contributed by atoms with van der Waals surface area (Å²) in [6, 6.07) is 17.1. The van der Waals surface area contributed by atoms with E-state index in [-0.39, 0.29) is 5.91 Å². The van der Waals surface area contributed by atoms with Gasteiger partial charge in [0.05, 0.1) is 12.8 Å². The van der Waals surface area contributed by atoms with E-state index in [2.05, 4.69) is 32.3 Å². The lowest BCUT2D eigenvalue weighted by molar-refractivity contribution is 0.102. The Labute approximate surface area is 157 Å². The topological polar surface area (TPSA) is 67.3 Å². The van der Waals surface area contributed by atoms with Crippen LogP contribution in [0.3, 0.4) is 0 Å². The fourth-order valence-electron chi connectivity index (χ4n) is 3.28. The van der Waals surface area contributed by atoms with E-state index in [9.17, 15) is 4.79 Å². The maximum Gasteiger partial charge on any atom is 0.274 e. The van der Waals surface area contributed by atoms with Crippen LogP contribution in [0, 0.1) is 0 Å². The van der Waals surface area contributed by atoms with Gasteiger partial charge in [-0.3, -0.25) is 4.79 Å². The van der Waals surface area contributed by atoms with Crippen molar-refractivity contribution in [1.29, 1.82) is 0 Å². The molecule has 0 saturated heterocycles. The summed E-state index contributed by atoms with van der Waals surface area (Å²) in [6.45, 7) is 0.828. The third kappa shape index (κ3) is 3.46. The number of amides is 1. The van der Waals surface area contributed by atoms with Gasteiger partial charge in [0.15, 0.2) is 0 Å². The number of aromatic nitrogens is 2. The number of nitrogens with one attached hydrogen (secondary N) is 1. The lowest BCUT2D eigenvalue weighted by atomic mass is 10.0. The number of hydrogen-bond donors (Lipinski definition) is 1. The molecule has 6 nitrogen and oxygen atoms in total.